The molecule has 0 spiro atoms. The number of rotatable bonds is 10. The van der Waals surface area contributed by atoms with E-state index in [2.05, 4.69) is 59.4 Å². The van der Waals surface area contributed by atoms with Crippen molar-refractivity contribution in [3.05, 3.63) is 64.3 Å². The number of thiophene rings is 1. The van der Waals surface area contributed by atoms with Gasteiger partial charge in [-0.05, 0) is 56.6 Å². The summed E-state index contributed by atoms with van der Waals surface area (Å²) in [6.07, 6.45) is 0. The topological polar surface area (TPSA) is 79.7 Å². The van der Waals surface area contributed by atoms with Crippen LogP contribution in [-0.2, 0) is 6.54 Å². The summed E-state index contributed by atoms with van der Waals surface area (Å²) >= 11 is 1.80. The van der Waals surface area contributed by atoms with Crippen LogP contribution >= 0.6 is 11.3 Å². The van der Waals surface area contributed by atoms with Crippen LogP contribution in [0.5, 0.6) is 11.5 Å². The van der Waals surface area contributed by atoms with Crippen molar-refractivity contribution in [2.75, 3.05) is 39.7 Å². The van der Waals surface area contributed by atoms with Crippen molar-refractivity contribution in [1.29, 1.82) is 0 Å². The van der Waals surface area contributed by atoms with Crippen molar-refractivity contribution in [2.45, 2.75) is 33.4 Å². The van der Waals surface area contributed by atoms with Crippen LogP contribution in [-0.4, -0.2) is 54.4 Å². The van der Waals surface area contributed by atoms with Crippen LogP contribution in [0.25, 0.3) is 21.3 Å². The van der Waals surface area contributed by atoms with Crippen LogP contribution in [0.4, 0.5) is 5.82 Å². The van der Waals surface area contributed by atoms with E-state index in [-0.39, 0.29) is 12.6 Å². The van der Waals surface area contributed by atoms with Crippen molar-refractivity contribution >= 4 is 28.1 Å². The quantitative estimate of drug-likeness (QED) is 0.290. The number of hydrogen-bond donors (Lipinski definition) is 2. The number of benzene rings is 2. The van der Waals surface area contributed by atoms with Gasteiger partial charge in [0.25, 0.3) is 0 Å². The first-order chi connectivity index (χ1) is 17.3. The van der Waals surface area contributed by atoms with Gasteiger partial charge in [0, 0.05) is 34.3 Å². The zero-order chi connectivity index (χ0) is 25.8. The number of hydrogen-bond acceptors (Lipinski definition) is 8. The maximum absolute atomic E-state index is 9.30. The van der Waals surface area contributed by atoms with Gasteiger partial charge in [0.15, 0.2) is 11.5 Å². The Kier molecular flexibility index (Phi) is 8.08. The molecule has 7 nitrogen and oxygen atoms in total. The molecule has 2 aromatic heterocycles. The van der Waals surface area contributed by atoms with Crippen LogP contribution in [0.3, 0.4) is 0 Å². The van der Waals surface area contributed by atoms with Crippen LogP contribution in [0.1, 0.15) is 34.8 Å². The molecular formula is C28H34N4O3S. The third-order valence-corrected chi connectivity index (χ3v) is 7.67. The Morgan fingerprint density at radius 1 is 1.06 bits per heavy atom. The van der Waals surface area contributed by atoms with E-state index in [1.54, 1.807) is 25.6 Å². The molecule has 1 unspecified atom stereocenters. The van der Waals surface area contributed by atoms with Crippen LogP contribution in [0.15, 0.2) is 42.5 Å². The summed E-state index contributed by atoms with van der Waals surface area (Å²) in [5.41, 5.74) is 4.54. The summed E-state index contributed by atoms with van der Waals surface area (Å²) in [7, 11) is 5.28. The van der Waals surface area contributed by atoms with Crippen molar-refractivity contribution in [3.8, 4) is 21.9 Å². The fraction of sp³-hybridized carbons (Fsp3) is 0.357. The van der Waals surface area contributed by atoms with E-state index in [0.29, 0.717) is 23.9 Å². The predicted octanol–water partition coefficient (Wildman–Crippen LogP) is 5.59. The Morgan fingerprint density at radius 3 is 2.50 bits per heavy atom. The first kappa shape index (κ1) is 25.9. The maximum atomic E-state index is 9.30. The molecule has 0 aliphatic rings. The number of nitrogens with zero attached hydrogens (tertiary/aromatic N) is 3. The average Bonchev–Trinajstić information content (AvgIpc) is 3.25. The van der Waals surface area contributed by atoms with Gasteiger partial charge in [-0.15, -0.1) is 11.3 Å². The zero-order valence-corrected chi connectivity index (χ0v) is 22.6. The van der Waals surface area contributed by atoms with Gasteiger partial charge in [-0.1, -0.05) is 24.3 Å². The Balaban J connectivity index is 1.66. The molecule has 2 heterocycles. The molecule has 2 N–H and O–H groups in total. The number of nitrogens with one attached hydrogen (secondary N) is 1. The van der Waals surface area contributed by atoms with Gasteiger partial charge in [-0.2, -0.15) is 0 Å². The molecule has 1 atom stereocenters. The Hall–Kier alpha value is -3.20. The zero-order valence-electron chi connectivity index (χ0n) is 21.8. The van der Waals surface area contributed by atoms with E-state index in [4.69, 9.17) is 14.5 Å². The number of fused-ring (bicyclic) bond motifs is 1. The molecule has 2 aromatic carbocycles. The molecule has 0 saturated heterocycles. The third-order valence-electron chi connectivity index (χ3n) is 6.21. The summed E-state index contributed by atoms with van der Waals surface area (Å²) in [4.78, 5) is 13.9. The molecule has 0 aliphatic heterocycles. The molecule has 0 bridgehead atoms. The second kappa shape index (κ2) is 11.2. The van der Waals surface area contributed by atoms with E-state index in [1.807, 2.05) is 26.1 Å². The smallest absolute Gasteiger partial charge is 0.162 e. The number of aryl methyl sites for hydroxylation is 2. The van der Waals surface area contributed by atoms with Crippen LogP contribution < -0.4 is 14.8 Å². The standard InChI is InChI=1S/C28H34N4O3S/c1-17-13-26(36-27(17)21-10-8-7-9-20(21)16-32(4)11-12-33)18(2)29-28-22-14-24(34-5)25(35-6)15-23(22)30-19(3)31-28/h7-10,13-15,18,33H,11-12,16H2,1-6H3,(H,29,30,31). The van der Waals surface area contributed by atoms with Crippen LogP contribution in [0.2, 0.25) is 0 Å². The largest absolute Gasteiger partial charge is 0.493 e. The summed E-state index contributed by atoms with van der Waals surface area (Å²) in [6.45, 7) is 7.79. The highest BCUT2D eigenvalue weighted by Gasteiger charge is 2.18. The number of aliphatic hydroxyl groups excluding tert-OH is 1. The minimum Gasteiger partial charge on any atom is -0.493 e. The number of anilines is 1. The van der Waals surface area contributed by atoms with Gasteiger partial charge in [0.1, 0.15) is 11.6 Å². The molecule has 0 aliphatic carbocycles. The van der Waals surface area contributed by atoms with E-state index in [9.17, 15) is 5.11 Å². The van der Waals surface area contributed by atoms with E-state index in [0.717, 1.165) is 23.3 Å². The molecule has 0 saturated carbocycles. The Labute approximate surface area is 216 Å². The van der Waals surface area contributed by atoms with Gasteiger partial charge in [0.2, 0.25) is 0 Å². The normalized spacial score (nSPS) is 12.2. The molecule has 8 heteroatoms. The summed E-state index contributed by atoms with van der Waals surface area (Å²) in [6, 6.07) is 14.6. The maximum Gasteiger partial charge on any atom is 0.162 e. The number of ether oxygens (including phenoxy) is 2. The van der Waals surface area contributed by atoms with Gasteiger partial charge in [0.05, 0.1) is 32.4 Å². The fourth-order valence-electron chi connectivity index (χ4n) is 4.37. The molecule has 0 radical (unpaired) electrons. The SMILES string of the molecule is COc1cc2nc(C)nc(NC(C)c3cc(C)c(-c4ccccc4CN(C)CCO)s3)c2cc1OC. The molecule has 4 aromatic rings. The summed E-state index contributed by atoms with van der Waals surface area (Å²) in [5, 5.41) is 13.8. The highest BCUT2D eigenvalue weighted by atomic mass is 32.1. The lowest BCUT2D eigenvalue weighted by molar-refractivity contribution is 0.217. The van der Waals surface area contributed by atoms with Gasteiger partial charge in [-0.25, -0.2) is 9.97 Å². The lowest BCUT2D eigenvalue weighted by Crippen LogP contribution is -2.21. The van der Waals surface area contributed by atoms with Crippen molar-refractivity contribution in [2.24, 2.45) is 0 Å². The van der Waals surface area contributed by atoms with Gasteiger partial charge < -0.3 is 19.9 Å². The monoisotopic (exact) mass is 506 g/mol. The first-order valence-corrected chi connectivity index (χ1v) is 12.8. The number of aromatic nitrogens is 2. The van der Waals surface area contributed by atoms with Gasteiger partial charge >= 0.3 is 0 Å². The van der Waals surface area contributed by atoms with Crippen molar-refractivity contribution in [1.82, 2.24) is 14.9 Å². The molecule has 0 amide bonds. The highest BCUT2D eigenvalue weighted by molar-refractivity contribution is 7.15. The number of likely N-dealkylation sites (N-methyl/N-ethyl adjacent to an activating group) is 1. The average molecular weight is 507 g/mol. The lowest BCUT2D eigenvalue weighted by atomic mass is 10.0. The van der Waals surface area contributed by atoms with Crippen molar-refractivity contribution in [3.63, 3.8) is 0 Å². The predicted molar refractivity (Wildman–Crippen MR) is 147 cm³/mol. The second-order valence-electron chi connectivity index (χ2n) is 8.99. The molecule has 0 fully saturated rings. The number of methoxy groups -OCH3 is 2. The summed E-state index contributed by atoms with van der Waals surface area (Å²) < 4.78 is 11.0. The van der Waals surface area contributed by atoms with Crippen LogP contribution in [0, 0.1) is 13.8 Å². The first-order valence-electron chi connectivity index (χ1n) is 12.0. The van der Waals surface area contributed by atoms with Crippen molar-refractivity contribution < 1.29 is 14.6 Å². The lowest BCUT2D eigenvalue weighted by Gasteiger charge is -2.18. The summed E-state index contributed by atoms with van der Waals surface area (Å²) in [5.74, 6) is 2.74. The Morgan fingerprint density at radius 2 is 1.78 bits per heavy atom. The van der Waals surface area contributed by atoms with Gasteiger partial charge in [-0.3, -0.25) is 4.90 Å². The molecule has 4 rings (SSSR count). The minimum atomic E-state index is 0.0391. The highest BCUT2D eigenvalue weighted by Crippen LogP contribution is 2.39. The van der Waals surface area contributed by atoms with E-state index < -0.39 is 0 Å². The fourth-order valence-corrected chi connectivity index (χ4v) is 5.60. The third kappa shape index (κ3) is 5.46. The minimum absolute atomic E-state index is 0.0391. The van der Waals surface area contributed by atoms with E-state index in [1.165, 1.54) is 26.4 Å². The second-order valence-corrected chi connectivity index (χ2v) is 10.1. The number of aliphatic hydroxyl groups is 1. The molecule has 190 valence electrons. The molecule has 36 heavy (non-hydrogen) atoms. The molecular weight excluding hydrogens is 472 g/mol. The Bertz CT molecular complexity index is 1350. The van der Waals surface area contributed by atoms with E-state index >= 15 is 0 Å².